The highest BCUT2D eigenvalue weighted by atomic mass is 35.5. The number of anilines is 2. The molecule has 0 amide bonds. The molecular weight excluding hydrogens is 321 g/mol. The topological polar surface area (TPSA) is 55.1 Å². The number of hydrogen-bond acceptors (Lipinski definition) is 4. The summed E-state index contributed by atoms with van der Waals surface area (Å²) in [5, 5.41) is 8.72. The second-order valence-corrected chi connectivity index (χ2v) is 5.30. The highest BCUT2D eigenvalue weighted by Gasteiger charge is 2.13. The molecule has 1 N–H and O–H groups in total. The van der Waals surface area contributed by atoms with E-state index in [0.29, 0.717) is 32.5 Å². The number of benzene rings is 1. The van der Waals surface area contributed by atoms with Crippen LogP contribution in [-0.2, 0) is 0 Å². The van der Waals surface area contributed by atoms with Gasteiger partial charge in [-0.05, 0) is 25.1 Å². The first kappa shape index (κ1) is 13.4. The van der Waals surface area contributed by atoms with Gasteiger partial charge < -0.3 is 5.32 Å². The Bertz CT molecular complexity index is 799. The van der Waals surface area contributed by atoms with Crippen molar-refractivity contribution in [2.24, 2.45) is 0 Å². The summed E-state index contributed by atoms with van der Waals surface area (Å²) in [4.78, 5) is 8.16. The Kier molecular flexibility index (Phi) is 3.41. The van der Waals surface area contributed by atoms with Crippen LogP contribution in [0.5, 0.6) is 0 Å². The molecule has 5 nitrogen and oxygen atoms in total. The van der Waals surface area contributed by atoms with Crippen molar-refractivity contribution in [3.05, 3.63) is 45.3 Å². The quantitative estimate of drug-likeness (QED) is 0.718. The zero-order chi connectivity index (χ0) is 14.3. The van der Waals surface area contributed by atoms with Crippen molar-refractivity contribution in [2.75, 3.05) is 5.32 Å². The largest absolute Gasteiger partial charge is 0.339 e. The monoisotopic (exact) mass is 327 g/mol. The summed E-state index contributed by atoms with van der Waals surface area (Å²) in [5.41, 5.74) is 1.44. The molecule has 0 aliphatic rings. The Balaban J connectivity index is 2.14. The maximum absolute atomic E-state index is 6.16. The molecule has 3 aromatic rings. The summed E-state index contributed by atoms with van der Waals surface area (Å²) in [6.45, 7) is 1.84. The number of halogens is 3. The average Bonchev–Trinajstić information content (AvgIpc) is 2.85. The normalized spacial score (nSPS) is 11.0. The summed E-state index contributed by atoms with van der Waals surface area (Å²) < 4.78 is 1.56. The van der Waals surface area contributed by atoms with Crippen LogP contribution in [0.1, 0.15) is 5.56 Å². The zero-order valence-electron chi connectivity index (χ0n) is 10.2. The Morgan fingerprint density at radius 3 is 2.75 bits per heavy atom. The maximum Gasteiger partial charge on any atom is 0.255 e. The van der Waals surface area contributed by atoms with Gasteiger partial charge in [-0.2, -0.15) is 19.6 Å². The lowest BCUT2D eigenvalue weighted by Crippen LogP contribution is -2.05. The van der Waals surface area contributed by atoms with E-state index < -0.39 is 0 Å². The van der Waals surface area contributed by atoms with Gasteiger partial charge in [0.05, 0.1) is 10.7 Å². The molecule has 0 saturated heterocycles. The van der Waals surface area contributed by atoms with Gasteiger partial charge in [0.2, 0.25) is 0 Å². The Hall–Kier alpha value is -1.56. The van der Waals surface area contributed by atoms with Crippen molar-refractivity contribution in [1.29, 1.82) is 0 Å². The van der Waals surface area contributed by atoms with E-state index in [-0.39, 0.29) is 0 Å². The molecule has 102 valence electrons. The van der Waals surface area contributed by atoms with Crippen LogP contribution >= 0.6 is 34.8 Å². The molecule has 0 saturated carbocycles. The lowest BCUT2D eigenvalue weighted by Gasteiger charge is -2.13. The van der Waals surface area contributed by atoms with Crippen LogP contribution in [-0.4, -0.2) is 19.6 Å². The van der Waals surface area contributed by atoms with Gasteiger partial charge >= 0.3 is 0 Å². The molecule has 2 aromatic heterocycles. The second-order valence-electron chi connectivity index (χ2n) is 4.10. The van der Waals surface area contributed by atoms with Crippen molar-refractivity contribution in [3.8, 4) is 0 Å². The van der Waals surface area contributed by atoms with E-state index in [1.807, 2.05) is 6.92 Å². The number of nitrogens with one attached hydrogen (secondary N) is 1. The lowest BCUT2D eigenvalue weighted by molar-refractivity contribution is 0.936. The predicted octanol–water partition coefficient (Wildman–Crippen LogP) is 4.14. The smallest absolute Gasteiger partial charge is 0.255 e. The third-order valence-corrected chi connectivity index (χ3v) is 3.70. The van der Waals surface area contributed by atoms with Gasteiger partial charge in [-0.3, -0.25) is 0 Å². The second kappa shape index (κ2) is 5.09. The molecule has 0 aliphatic carbocycles. The third kappa shape index (κ3) is 2.28. The minimum absolute atomic E-state index is 0.359. The van der Waals surface area contributed by atoms with Crippen LogP contribution in [0.15, 0.2) is 24.5 Å². The zero-order valence-corrected chi connectivity index (χ0v) is 12.5. The minimum atomic E-state index is 0.359. The van der Waals surface area contributed by atoms with Gasteiger partial charge in [-0.15, -0.1) is 0 Å². The van der Waals surface area contributed by atoms with E-state index in [9.17, 15) is 0 Å². The minimum Gasteiger partial charge on any atom is -0.339 e. The van der Waals surface area contributed by atoms with E-state index >= 15 is 0 Å². The Morgan fingerprint density at radius 2 is 2.00 bits per heavy atom. The van der Waals surface area contributed by atoms with E-state index in [1.165, 1.54) is 6.33 Å². The summed E-state index contributed by atoms with van der Waals surface area (Å²) in [5.74, 6) is 1.06. The van der Waals surface area contributed by atoms with E-state index in [1.54, 1.807) is 22.7 Å². The first-order valence-corrected chi connectivity index (χ1v) is 6.77. The molecule has 0 spiro atoms. The van der Waals surface area contributed by atoms with E-state index in [4.69, 9.17) is 34.8 Å². The Morgan fingerprint density at radius 1 is 1.20 bits per heavy atom. The van der Waals surface area contributed by atoms with Crippen molar-refractivity contribution in [3.63, 3.8) is 0 Å². The van der Waals surface area contributed by atoms with Crippen LogP contribution in [0, 0.1) is 6.92 Å². The first-order chi connectivity index (χ1) is 9.56. The average molecular weight is 329 g/mol. The first-order valence-electron chi connectivity index (χ1n) is 5.64. The van der Waals surface area contributed by atoms with E-state index in [0.717, 1.165) is 5.56 Å². The molecule has 0 fully saturated rings. The molecule has 0 radical (unpaired) electrons. The summed E-state index contributed by atoms with van der Waals surface area (Å²) in [7, 11) is 0. The van der Waals surface area contributed by atoms with Crippen LogP contribution in [0.2, 0.25) is 15.2 Å². The fourth-order valence-electron chi connectivity index (χ4n) is 1.76. The Labute approximate surface area is 129 Å². The molecule has 0 atom stereocenters. The van der Waals surface area contributed by atoms with Crippen molar-refractivity contribution >= 4 is 52.1 Å². The highest BCUT2D eigenvalue weighted by molar-refractivity contribution is 6.36. The lowest BCUT2D eigenvalue weighted by atomic mass is 10.3. The molecule has 8 heteroatoms. The van der Waals surface area contributed by atoms with Gasteiger partial charge in [0.25, 0.3) is 5.78 Å². The number of nitrogens with zero attached hydrogens (tertiary/aromatic N) is 4. The predicted molar refractivity (Wildman–Crippen MR) is 80.3 cm³/mol. The number of hydrogen-bond donors (Lipinski definition) is 1. The van der Waals surface area contributed by atoms with Crippen LogP contribution < -0.4 is 5.32 Å². The standard InChI is InChI=1S/C12H8Cl3N5/c1-6-10(15)19-12-16-5-17-20(12)11(6)18-9-3-2-7(13)4-8(9)14/h2-5,18H,1H3. The van der Waals surface area contributed by atoms with E-state index in [2.05, 4.69) is 20.4 Å². The molecule has 1 aromatic carbocycles. The van der Waals surface area contributed by atoms with Gasteiger partial charge in [0.1, 0.15) is 17.3 Å². The summed E-state index contributed by atoms with van der Waals surface area (Å²) >= 11 is 18.1. The van der Waals surface area contributed by atoms with Crippen molar-refractivity contribution in [1.82, 2.24) is 19.6 Å². The summed E-state index contributed by atoms with van der Waals surface area (Å²) in [6, 6.07) is 5.18. The van der Waals surface area contributed by atoms with Crippen LogP contribution in [0.3, 0.4) is 0 Å². The van der Waals surface area contributed by atoms with Gasteiger partial charge in [-0.1, -0.05) is 34.8 Å². The third-order valence-electron chi connectivity index (χ3n) is 2.79. The van der Waals surface area contributed by atoms with Gasteiger partial charge in [0, 0.05) is 10.6 Å². The summed E-state index contributed by atoms with van der Waals surface area (Å²) in [6.07, 6.45) is 1.41. The highest BCUT2D eigenvalue weighted by Crippen LogP contribution is 2.30. The fraction of sp³-hybridized carbons (Fsp3) is 0.0833. The molecule has 0 unspecified atom stereocenters. The molecule has 3 rings (SSSR count). The number of aromatic nitrogens is 4. The number of rotatable bonds is 2. The molecule has 20 heavy (non-hydrogen) atoms. The van der Waals surface area contributed by atoms with Gasteiger partial charge in [0.15, 0.2) is 0 Å². The fourth-order valence-corrected chi connectivity index (χ4v) is 2.38. The number of fused-ring (bicyclic) bond motifs is 1. The van der Waals surface area contributed by atoms with Gasteiger partial charge in [-0.25, -0.2) is 0 Å². The maximum atomic E-state index is 6.16. The molecule has 2 heterocycles. The molecular formula is C12H8Cl3N5. The molecule has 0 bridgehead atoms. The molecule has 0 aliphatic heterocycles. The van der Waals surface area contributed by atoms with Crippen molar-refractivity contribution < 1.29 is 0 Å². The van der Waals surface area contributed by atoms with Crippen molar-refractivity contribution in [2.45, 2.75) is 6.92 Å². The SMILES string of the molecule is Cc1c(Cl)nc2ncnn2c1Nc1ccc(Cl)cc1Cl. The van der Waals surface area contributed by atoms with Crippen LogP contribution in [0.25, 0.3) is 5.78 Å². The van der Waals surface area contributed by atoms with Crippen LogP contribution in [0.4, 0.5) is 11.5 Å².